The lowest BCUT2D eigenvalue weighted by Gasteiger charge is -1.82. The molecule has 0 unspecified atom stereocenters. The minimum atomic E-state index is 1.07. The maximum atomic E-state index is 4.25. The molecule has 4 heteroatoms. The van der Waals surface area contributed by atoms with Crippen LogP contribution in [-0.4, -0.2) is 9.97 Å². The number of rotatable bonds is 1. The quantitative estimate of drug-likeness (QED) is 0.677. The van der Waals surface area contributed by atoms with Gasteiger partial charge in [0.1, 0.15) is 5.01 Å². The van der Waals surface area contributed by atoms with Crippen LogP contribution in [0.2, 0.25) is 0 Å². The van der Waals surface area contributed by atoms with Crippen molar-refractivity contribution in [1.82, 2.24) is 9.97 Å². The average molecular weight is 182 g/mol. The molecule has 56 valence electrons. The lowest BCUT2D eigenvalue weighted by atomic mass is 10.6. The lowest BCUT2D eigenvalue weighted by molar-refractivity contribution is 1.37. The maximum Gasteiger partial charge on any atom is 0.135 e. The van der Waals surface area contributed by atoms with Crippen LogP contribution in [0.25, 0.3) is 9.88 Å². The average Bonchev–Trinajstić information content (AvgIpc) is 2.55. The van der Waals surface area contributed by atoms with Crippen LogP contribution in [0.5, 0.6) is 0 Å². The minimum absolute atomic E-state index is 1.07. The van der Waals surface area contributed by atoms with Gasteiger partial charge in [-0.05, 0) is 6.92 Å². The van der Waals surface area contributed by atoms with Gasteiger partial charge in [-0.15, -0.1) is 22.7 Å². The van der Waals surface area contributed by atoms with Crippen molar-refractivity contribution in [3.63, 3.8) is 0 Å². The Bertz CT molecular complexity index is 337. The molecule has 0 aromatic carbocycles. The van der Waals surface area contributed by atoms with E-state index in [9.17, 15) is 0 Å². The van der Waals surface area contributed by atoms with Crippen molar-refractivity contribution in [2.75, 3.05) is 0 Å². The molecule has 0 aliphatic rings. The molecule has 2 aromatic heterocycles. The van der Waals surface area contributed by atoms with E-state index in [-0.39, 0.29) is 0 Å². The minimum Gasteiger partial charge on any atom is -0.252 e. The lowest BCUT2D eigenvalue weighted by Crippen LogP contribution is -1.64. The Kier molecular flexibility index (Phi) is 1.71. The molecule has 0 radical (unpaired) electrons. The summed E-state index contributed by atoms with van der Waals surface area (Å²) in [4.78, 5) is 10.6. The van der Waals surface area contributed by atoms with Crippen LogP contribution < -0.4 is 0 Å². The summed E-state index contributed by atoms with van der Waals surface area (Å²) in [6.45, 7) is 2.06. The van der Waals surface area contributed by atoms with Crippen molar-refractivity contribution < 1.29 is 0 Å². The summed E-state index contributed by atoms with van der Waals surface area (Å²) in [5.41, 5.74) is 1.83. The second-order valence-corrected chi connectivity index (χ2v) is 4.26. The van der Waals surface area contributed by atoms with E-state index in [4.69, 9.17) is 0 Å². The second kappa shape index (κ2) is 2.71. The van der Waals surface area contributed by atoms with Crippen LogP contribution in [0.1, 0.15) is 4.88 Å². The van der Waals surface area contributed by atoms with E-state index in [1.165, 1.54) is 4.88 Å². The molecular formula is C7H6N2S2. The molecule has 0 saturated carbocycles. The molecule has 0 saturated heterocycles. The molecule has 2 nitrogen and oxygen atoms in total. The first-order valence-corrected chi connectivity index (χ1v) is 4.87. The summed E-state index contributed by atoms with van der Waals surface area (Å²) in [6, 6.07) is 0. The molecule has 0 aliphatic carbocycles. The van der Waals surface area contributed by atoms with Gasteiger partial charge in [-0.2, -0.15) is 0 Å². The first kappa shape index (κ1) is 6.94. The SMILES string of the molecule is Cc1cnc(-c2cncs2)s1. The number of aromatic nitrogens is 2. The molecule has 11 heavy (non-hydrogen) atoms. The van der Waals surface area contributed by atoms with E-state index in [1.54, 1.807) is 22.7 Å². The Hall–Kier alpha value is -0.740. The third kappa shape index (κ3) is 1.32. The zero-order valence-corrected chi connectivity index (χ0v) is 7.58. The van der Waals surface area contributed by atoms with Gasteiger partial charge in [-0.3, -0.25) is 4.98 Å². The predicted molar refractivity (Wildman–Crippen MR) is 48.0 cm³/mol. The highest BCUT2D eigenvalue weighted by molar-refractivity contribution is 7.20. The van der Waals surface area contributed by atoms with Crippen LogP contribution in [0.3, 0.4) is 0 Å². The summed E-state index contributed by atoms with van der Waals surface area (Å²) >= 11 is 3.33. The highest BCUT2D eigenvalue weighted by Crippen LogP contribution is 2.26. The Labute approximate surface area is 72.6 Å². The fraction of sp³-hybridized carbons (Fsp3) is 0.143. The van der Waals surface area contributed by atoms with Gasteiger partial charge < -0.3 is 0 Å². The highest BCUT2D eigenvalue weighted by atomic mass is 32.1. The van der Waals surface area contributed by atoms with Gasteiger partial charge in [0, 0.05) is 17.3 Å². The van der Waals surface area contributed by atoms with Crippen molar-refractivity contribution in [3.8, 4) is 9.88 Å². The molecule has 0 spiro atoms. The van der Waals surface area contributed by atoms with Gasteiger partial charge in [0.2, 0.25) is 0 Å². The molecule has 0 atom stereocenters. The number of aryl methyl sites for hydroxylation is 1. The second-order valence-electron chi connectivity index (χ2n) is 2.14. The zero-order chi connectivity index (χ0) is 7.68. The maximum absolute atomic E-state index is 4.25. The Morgan fingerprint density at radius 2 is 2.27 bits per heavy atom. The van der Waals surface area contributed by atoms with Crippen LogP contribution in [0.4, 0.5) is 0 Å². The van der Waals surface area contributed by atoms with E-state index >= 15 is 0 Å². The van der Waals surface area contributed by atoms with Gasteiger partial charge in [0.15, 0.2) is 0 Å². The van der Waals surface area contributed by atoms with Gasteiger partial charge in [0.05, 0.1) is 10.4 Å². The molecule has 0 amide bonds. The Morgan fingerprint density at radius 3 is 2.82 bits per heavy atom. The molecule has 0 N–H and O–H groups in total. The summed E-state index contributed by atoms with van der Waals surface area (Å²) in [5.74, 6) is 0. The van der Waals surface area contributed by atoms with Gasteiger partial charge in [0.25, 0.3) is 0 Å². The zero-order valence-electron chi connectivity index (χ0n) is 5.94. The van der Waals surface area contributed by atoms with Crippen LogP contribution in [0, 0.1) is 6.92 Å². The third-order valence-corrected chi connectivity index (χ3v) is 3.12. The van der Waals surface area contributed by atoms with Crippen LogP contribution in [0.15, 0.2) is 17.9 Å². The van der Waals surface area contributed by atoms with Crippen LogP contribution in [-0.2, 0) is 0 Å². The Morgan fingerprint density at radius 1 is 1.36 bits per heavy atom. The molecule has 0 fully saturated rings. The van der Waals surface area contributed by atoms with E-state index < -0.39 is 0 Å². The molecule has 2 rings (SSSR count). The normalized spacial score (nSPS) is 10.3. The third-order valence-electron chi connectivity index (χ3n) is 1.26. The van der Waals surface area contributed by atoms with E-state index in [0.29, 0.717) is 0 Å². The van der Waals surface area contributed by atoms with Crippen molar-refractivity contribution >= 4 is 22.7 Å². The first-order chi connectivity index (χ1) is 5.36. The number of hydrogen-bond donors (Lipinski definition) is 0. The largest absolute Gasteiger partial charge is 0.252 e. The first-order valence-electron chi connectivity index (χ1n) is 3.17. The van der Waals surface area contributed by atoms with Crippen molar-refractivity contribution in [2.45, 2.75) is 6.92 Å². The number of nitrogens with zero attached hydrogens (tertiary/aromatic N) is 2. The van der Waals surface area contributed by atoms with Crippen molar-refractivity contribution in [1.29, 1.82) is 0 Å². The smallest absolute Gasteiger partial charge is 0.135 e. The molecular weight excluding hydrogens is 176 g/mol. The summed E-state index contributed by atoms with van der Waals surface area (Å²) in [5, 5.41) is 1.07. The fourth-order valence-electron chi connectivity index (χ4n) is 0.790. The van der Waals surface area contributed by atoms with Crippen molar-refractivity contribution in [2.24, 2.45) is 0 Å². The monoisotopic (exact) mass is 182 g/mol. The fourth-order valence-corrected chi connectivity index (χ4v) is 2.24. The van der Waals surface area contributed by atoms with E-state index in [1.807, 2.05) is 17.9 Å². The number of thiazole rings is 2. The summed E-state index contributed by atoms with van der Waals surface area (Å²) < 4.78 is 0. The van der Waals surface area contributed by atoms with Gasteiger partial charge >= 0.3 is 0 Å². The number of hydrogen-bond acceptors (Lipinski definition) is 4. The molecule has 2 heterocycles. The van der Waals surface area contributed by atoms with E-state index in [2.05, 4.69) is 16.9 Å². The molecule has 0 aliphatic heterocycles. The van der Waals surface area contributed by atoms with Gasteiger partial charge in [-0.25, -0.2) is 4.98 Å². The predicted octanol–water partition coefficient (Wildman–Crippen LogP) is 2.58. The highest BCUT2D eigenvalue weighted by Gasteiger charge is 2.02. The molecule has 2 aromatic rings. The Balaban J connectivity index is 2.45. The topological polar surface area (TPSA) is 25.8 Å². The van der Waals surface area contributed by atoms with Crippen molar-refractivity contribution in [3.05, 3.63) is 22.8 Å². The molecule has 0 bridgehead atoms. The standard InChI is InChI=1S/C7H6N2S2/c1-5-2-9-7(11-5)6-3-8-4-10-6/h2-4H,1H3. The summed E-state index contributed by atoms with van der Waals surface area (Å²) in [6.07, 6.45) is 3.74. The van der Waals surface area contributed by atoms with Gasteiger partial charge in [-0.1, -0.05) is 0 Å². The summed E-state index contributed by atoms with van der Waals surface area (Å²) in [7, 11) is 0. The van der Waals surface area contributed by atoms with E-state index in [0.717, 1.165) is 9.88 Å². The van der Waals surface area contributed by atoms with Crippen LogP contribution >= 0.6 is 22.7 Å².